The third kappa shape index (κ3) is 1.08. The van der Waals surface area contributed by atoms with E-state index in [2.05, 4.69) is 9.98 Å². The topological polar surface area (TPSA) is 58.9 Å². The predicted molar refractivity (Wildman–Crippen MR) is 52.7 cm³/mol. The highest BCUT2D eigenvalue weighted by atomic mass is 16.2. The van der Waals surface area contributed by atoms with Gasteiger partial charge >= 0.3 is 0 Å². The summed E-state index contributed by atoms with van der Waals surface area (Å²) >= 11 is 0. The van der Waals surface area contributed by atoms with Crippen LogP contribution in [-0.2, 0) is 9.59 Å². The molecule has 1 aromatic carbocycles. The number of para-hydroxylation sites is 1. The first-order valence-electron chi connectivity index (χ1n) is 4.59. The Balaban J connectivity index is 2.49. The highest BCUT2D eigenvalue weighted by Gasteiger charge is 2.28. The molecule has 0 fully saturated rings. The molecule has 4 nitrogen and oxygen atoms in total. The van der Waals surface area contributed by atoms with Crippen LogP contribution in [0.25, 0.3) is 5.57 Å². The van der Waals surface area contributed by atoms with E-state index in [0.29, 0.717) is 5.36 Å². The van der Waals surface area contributed by atoms with Crippen molar-refractivity contribution in [2.45, 2.75) is 6.42 Å². The molecule has 3 rings (SSSR count). The molecule has 0 saturated heterocycles. The number of rotatable bonds is 0. The maximum absolute atomic E-state index is 11.5. The molecule has 0 saturated carbocycles. The van der Waals surface area contributed by atoms with Gasteiger partial charge in [-0.1, -0.05) is 18.2 Å². The number of fused-ring (bicyclic) bond motifs is 2. The fraction of sp³-hybridized carbons (Fsp3) is 0.0909. The number of hydrogen-bond donors (Lipinski definition) is 0. The average Bonchev–Trinajstić information content (AvgIpc) is 2.61. The van der Waals surface area contributed by atoms with Gasteiger partial charge in [0.05, 0.1) is 11.8 Å². The summed E-state index contributed by atoms with van der Waals surface area (Å²) in [6.45, 7) is 0. The van der Waals surface area contributed by atoms with Crippen molar-refractivity contribution in [2.75, 3.05) is 0 Å². The van der Waals surface area contributed by atoms with E-state index in [1.807, 2.05) is 18.2 Å². The normalized spacial score (nSPS) is 18.1. The molecule has 72 valence electrons. The first-order chi connectivity index (χ1) is 7.25. The van der Waals surface area contributed by atoms with Crippen LogP contribution in [0.15, 0.2) is 34.3 Å². The maximum Gasteiger partial charge on any atom is 0.296 e. The largest absolute Gasteiger partial charge is 0.296 e. The molecule has 0 aliphatic carbocycles. The lowest BCUT2D eigenvalue weighted by Crippen LogP contribution is -2.36. The Bertz CT molecular complexity index is 641. The Hall–Kier alpha value is -2.10. The van der Waals surface area contributed by atoms with E-state index in [0.717, 1.165) is 10.8 Å². The zero-order valence-electron chi connectivity index (χ0n) is 7.73. The molecule has 15 heavy (non-hydrogen) atoms. The molecular weight excluding hydrogens is 192 g/mol. The van der Waals surface area contributed by atoms with Crippen LogP contribution in [0.3, 0.4) is 0 Å². The summed E-state index contributed by atoms with van der Waals surface area (Å²) < 4.78 is 0. The van der Waals surface area contributed by atoms with Gasteiger partial charge in [-0.05, 0) is 6.07 Å². The third-order valence-electron chi connectivity index (χ3n) is 2.50. The highest BCUT2D eigenvalue weighted by Crippen LogP contribution is 2.16. The molecule has 0 aromatic heterocycles. The number of carbonyl (C=O) groups excluding carboxylic acids is 2. The minimum absolute atomic E-state index is 0.216. The second kappa shape index (κ2) is 2.70. The average molecular weight is 198 g/mol. The van der Waals surface area contributed by atoms with Crippen LogP contribution >= 0.6 is 0 Å². The summed E-state index contributed by atoms with van der Waals surface area (Å²) in [6, 6.07) is 7.29. The Morgan fingerprint density at radius 2 is 1.87 bits per heavy atom. The standard InChI is InChI=1S/C11H6N2O2/c14-9-5-7-6-3-1-2-4-8(6)12-11(15)10(7)13-9/h1-4H,5H2. The Labute approximate surface area is 84.7 Å². The van der Waals surface area contributed by atoms with Gasteiger partial charge in [0, 0.05) is 10.8 Å². The first-order valence-corrected chi connectivity index (χ1v) is 4.59. The lowest BCUT2D eigenvalue weighted by Gasteiger charge is -2.03. The molecule has 2 aliphatic heterocycles. The Kier molecular flexibility index (Phi) is 1.48. The molecule has 0 atom stereocenters. The van der Waals surface area contributed by atoms with Crippen LogP contribution in [0.5, 0.6) is 0 Å². The van der Waals surface area contributed by atoms with Crippen molar-refractivity contribution in [2.24, 2.45) is 9.98 Å². The van der Waals surface area contributed by atoms with Gasteiger partial charge in [-0.3, -0.25) is 9.59 Å². The van der Waals surface area contributed by atoms with E-state index in [1.165, 1.54) is 0 Å². The van der Waals surface area contributed by atoms with E-state index >= 15 is 0 Å². The van der Waals surface area contributed by atoms with Crippen LogP contribution < -0.4 is 10.6 Å². The first kappa shape index (κ1) is 8.23. The number of amides is 2. The summed E-state index contributed by atoms with van der Waals surface area (Å²) in [7, 11) is 0. The van der Waals surface area contributed by atoms with E-state index in [4.69, 9.17) is 0 Å². The van der Waals surface area contributed by atoms with E-state index in [9.17, 15) is 9.59 Å². The van der Waals surface area contributed by atoms with Crippen LogP contribution in [-0.4, -0.2) is 17.5 Å². The summed E-state index contributed by atoms with van der Waals surface area (Å²) in [5, 5.41) is 1.48. The van der Waals surface area contributed by atoms with Crippen molar-refractivity contribution >= 4 is 23.1 Å². The Morgan fingerprint density at radius 3 is 2.73 bits per heavy atom. The van der Waals surface area contributed by atoms with Gasteiger partial charge in [-0.15, -0.1) is 0 Å². The number of benzene rings is 1. The molecule has 4 heteroatoms. The molecule has 2 amide bonds. The number of aliphatic imine (C=N–C) groups is 1. The van der Waals surface area contributed by atoms with Crippen molar-refractivity contribution in [3.05, 3.63) is 34.8 Å². The number of carbonyl (C=O) groups is 2. The SMILES string of the molecule is O=C1CC2=c3ccccc3=NC(=O)C2=N1. The minimum Gasteiger partial charge on any atom is -0.272 e. The van der Waals surface area contributed by atoms with Crippen molar-refractivity contribution in [1.29, 1.82) is 0 Å². The third-order valence-corrected chi connectivity index (χ3v) is 2.50. The number of hydrogen-bond acceptors (Lipinski definition) is 2. The second-order valence-corrected chi connectivity index (χ2v) is 3.44. The lowest BCUT2D eigenvalue weighted by molar-refractivity contribution is -0.117. The van der Waals surface area contributed by atoms with Gasteiger partial charge in [0.1, 0.15) is 5.71 Å². The van der Waals surface area contributed by atoms with Crippen LogP contribution in [0.4, 0.5) is 0 Å². The van der Waals surface area contributed by atoms with Gasteiger partial charge < -0.3 is 0 Å². The molecular formula is C11H6N2O2. The van der Waals surface area contributed by atoms with Crippen molar-refractivity contribution in [3.63, 3.8) is 0 Å². The quantitative estimate of drug-likeness (QED) is 0.557. The van der Waals surface area contributed by atoms with Gasteiger partial charge in [-0.2, -0.15) is 0 Å². The summed E-state index contributed by atoms with van der Waals surface area (Å²) in [5.74, 6) is -0.671. The van der Waals surface area contributed by atoms with Crippen molar-refractivity contribution in [1.82, 2.24) is 0 Å². The highest BCUT2D eigenvalue weighted by molar-refractivity contribution is 6.58. The minimum atomic E-state index is -0.408. The van der Waals surface area contributed by atoms with Gasteiger partial charge in [0.25, 0.3) is 11.8 Å². The molecule has 0 bridgehead atoms. The molecule has 0 unspecified atom stereocenters. The number of nitrogens with zero attached hydrogens (tertiary/aromatic N) is 2. The van der Waals surface area contributed by atoms with E-state index < -0.39 is 5.91 Å². The van der Waals surface area contributed by atoms with Gasteiger partial charge in [0.2, 0.25) is 0 Å². The Morgan fingerprint density at radius 1 is 1.07 bits per heavy atom. The zero-order chi connectivity index (χ0) is 10.4. The zero-order valence-corrected chi connectivity index (χ0v) is 7.73. The molecule has 2 aliphatic rings. The molecule has 1 aromatic rings. The van der Waals surface area contributed by atoms with Crippen molar-refractivity contribution in [3.8, 4) is 0 Å². The molecule has 0 N–H and O–H groups in total. The second-order valence-electron chi connectivity index (χ2n) is 3.44. The van der Waals surface area contributed by atoms with Crippen molar-refractivity contribution < 1.29 is 9.59 Å². The predicted octanol–water partition coefficient (Wildman–Crippen LogP) is -0.632. The molecule has 0 spiro atoms. The molecule has 0 radical (unpaired) electrons. The van der Waals surface area contributed by atoms with E-state index in [1.54, 1.807) is 6.07 Å². The smallest absolute Gasteiger partial charge is 0.272 e. The van der Waals surface area contributed by atoms with Crippen LogP contribution in [0.1, 0.15) is 6.42 Å². The van der Waals surface area contributed by atoms with Crippen LogP contribution in [0, 0.1) is 0 Å². The monoisotopic (exact) mass is 198 g/mol. The fourth-order valence-corrected chi connectivity index (χ4v) is 1.86. The van der Waals surface area contributed by atoms with Crippen LogP contribution in [0.2, 0.25) is 0 Å². The van der Waals surface area contributed by atoms with Gasteiger partial charge in [0.15, 0.2) is 0 Å². The lowest BCUT2D eigenvalue weighted by atomic mass is 10.0. The summed E-state index contributed by atoms with van der Waals surface area (Å²) in [4.78, 5) is 30.2. The maximum atomic E-state index is 11.5. The summed E-state index contributed by atoms with van der Waals surface area (Å²) in [5.41, 5.74) is 0.939. The van der Waals surface area contributed by atoms with E-state index in [-0.39, 0.29) is 18.0 Å². The summed E-state index contributed by atoms with van der Waals surface area (Å²) in [6.07, 6.45) is 0.216. The molecule has 2 heterocycles. The van der Waals surface area contributed by atoms with Gasteiger partial charge in [-0.25, -0.2) is 9.98 Å². The fourth-order valence-electron chi connectivity index (χ4n) is 1.86.